The van der Waals surface area contributed by atoms with Gasteiger partial charge in [-0.3, -0.25) is 4.79 Å². The molecule has 0 bridgehead atoms. The summed E-state index contributed by atoms with van der Waals surface area (Å²) in [5.74, 6) is -0.302. The highest BCUT2D eigenvalue weighted by Crippen LogP contribution is 2.32. The van der Waals surface area contributed by atoms with Crippen LogP contribution in [0.1, 0.15) is 53.4 Å². The van der Waals surface area contributed by atoms with Crippen LogP contribution in [0.5, 0.6) is 5.75 Å². The molecule has 0 radical (unpaired) electrons. The highest BCUT2D eigenvalue weighted by Gasteiger charge is 2.31. The van der Waals surface area contributed by atoms with E-state index in [2.05, 4.69) is 19.0 Å². The van der Waals surface area contributed by atoms with Gasteiger partial charge in [-0.2, -0.15) is 11.8 Å². The van der Waals surface area contributed by atoms with Gasteiger partial charge in [0.1, 0.15) is 29.2 Å². The number of aliphatic hydroxyl groups is 1. The smallest absolute Gasteiger partial charge is 0.168 e. The second-order valence-electron chi connectivity index (χ2n) is 7.74. The van der Waals surface area contributed by atoms with Gasteiger partial charge in [0, 0.05) is 36.3 Å². The SMILES string of the molecule is CCSC(C)CC1CC(=O)C(C(CC)=NOCC(C)Oc2cc(F)cc(F)c2)=C(O)C1. The number of ketones is 1. The van der Waals surface area contributed by atoms with Crippen LogP contribution in [0.15, 0.2) is 34.7 Å². The van der Waals surface area contributed by atoms with Gasteiger partial charge in [-0.1, -0.05) is 25.9 Å². The van der Waals surface area contributed by atoms with Crippen LogP contribution in [0.4, 0.5) is 8.78 Å². The molecule has 0 spiro atoms. The Bertz CT molecular complexity index is 808. The van der Waals surface area contributed by atoms with Gasteiger partial charge in [0.25, 0.3) is 0 Å². The molecule has 0 saturated heterocycles. The molecule has 8 heteroatoms. The molecule has 172 valence electrons. The molecular formula is C23H31F2NO4S. The van der Waals surface area contributed by atoms with E-state index in [1.165, 1.54) is 0 Å². The molecule has 5 nitrogen and oxygen atoms in total. The number of carbonyl (C=O) groups is 1. The number of hydrogen-bond donors (Lipinski definition) is 1. The van der Waals surface area contributed by atoms with E-state index in [0.29, 0.717) is 30.2 Å². The Balaban J connectivity index is 1.98. The van der Waals surface area contributed by atoms with E-state index < -0.39 is 17.7 Å². The first-order valence-corrected chi connectivity index (χ1v) is 11.7. The number of aliphatic hydroxyl groups excluding tert-OH is 1. The number of ether oxygens (including phenoxy) is 1. The van der Waals surface area contributed by atoms with Crippen molar-refractivity contribution in [3.63, 3.8) is 0 Å². The van der Waals surface area contributed by atoms with Crippen molar-refractivity contribution in [2.75, 3.05) is 12.4 Å². The third-order valence-corrected chi connectivity index (χ3v) is 6.02. The number of nitrogens with zero attached hydrogens (tertiary/aromatic N) is 1. The molecule has 0 heterocycles. The Kier molecular flexibility index (Phi) is 9.81. The van der Waals surface area contributed by atoms with Gasteiger partial charge in [-0.25, -0.2) is 8.78 Å². The lowest BCUT2D eigenvalue weighted by Crippen LogP contribution is -2.26. The van der Waals surface area contributed by atoms with Crippen LogP contribution in [-0.2, 0) is 9.63 Å². The first kappa shape index (κ1) is 25.2. The molecular weight excluding hydrogens is 424 g/mol. The minimum atomic E-state index is -0.728. The molecule has 31 heavy (non-hydrogen) atoms. The Morgan fingerprint density at radius 2 is 1.90 bits per heavy atom. The summed E-state index contributed by atoms with van der Waals surface area (Å²) in [7, 11) is 0. The number of thioether (sulfide) groups is 1. The third kappa shape index (κ3) is 7.83. The summed E-state index contributed by atoms with van der Waals surface area (Å²) in [6, 6.07) is 2.93. The van der Waals surface area contributed by atoms with Gasteiger partial charge in [0.05, 0.1) is 11.3 Å². The summed E-state index contributed by atoms with van der Waals surface area (Å²) in [4.78, 5) is 18.0. The number of allylic oxidation sites excluding steroid dienone is 2. The minimum absolute atomic E-state index is 0.0121. The molecule has 1 aromatic rings. The zero-order valence-electron chi connectivity index (χ0n) is 18.5. The molecule has 1 N–H and O–H groups in total. The third-order valence-electron chi connectivity index (χ3n) is 4.92. The van der Waals surface area contributed by atoms with E-state index in [0.717, 1.165) is 30.4 Å². The maximum Gasteiger partial charge on any atom is 0.168 e. The summed E-state index contributed by atoms with van der Waals surface area (Å²) in [5.41, 5.74) is 0.635. The van der Waals surface area contributed by atoms with Crippen molar-refractivity contribution in [3.05, 3.63) is 41.2 Å². The van der Waals surface area contributed by atoms with E-state index in [9.17, 15) is 18.7 Å². The lowest BCUT2D eigenvalue weighted by Gasteiger charge is -2.25. The van der Waals surface area contributed by atoms with Crippen molar-refractivity contribution >= 4 is 23.3 Å². The molecule has 0 aliphatic heterocycles. The van der Waals surface area contributed by atoms with E-state index >= 15 is 0 Å². The maximum atomic E-state index is 13.3. The highest BCUT2D eigenvalue weighted by molar-refractivity contribution is 7.99. The summed E-state index contributed by atoms with van der Waals surface area (Å²) in [6.07, 6.45) is 1.61. The number of carbonyl (C=O) groups excluding carboxylic acids is 1. The molecule has 3 atom stereocenters. The van der Waals surface area contributed by atoms with Crippen LogP contribution >= 0.6 is 11.8 Å². The molecule has 3 unspecified atom stereocenters. The van der Waals surface area contributed by atoms with E-state index in [1.54, 1.807) is 6.92 Å². The number of Topliss-reactive ketones (excluding diaryl/α,β-unsaturated/α-hetero) is 1. The van der Waals surface area contributed by atoms with Gasteiger partial charge in [0.15, 0.2) is 12.4 Å². The van der Waals surface area contributed by atoms with E-state index in [-0.39, 0.29) is 35.4 Å². The molecule has 1 aliphatic carbocycles. The van der Waals surface area contributed by atoms with Gasteiger partial charge in [0.2, 0.25) is 0 Å². The lowest BCUT2D eigenvalue weighted by molar-refractivity contribution is -0.116. The average Bonchev–Trinajstić information content (AvgIpc) is 2.65. The molecule has 1 aliphatic rings. The fraction of sp³-hybridized carbons (Fsp3) is 0.565. The zero-order chi connectivity index (χ0) is 23.0. The number of oxime groups is 1. The van der Waals surface area contributed by atoms with Crippen LogP contribution in [0.25, 0.3) is 0 Å². The second-order valence-corrected chi connectivity index (χ2v) is 9.46. The number of benzene rings is 1. The second kappa shape index (κ2) is 12.1. The number of rotatable bonds is 11. The maximum absolute atomic E-state index is 13.3. The Morgan fingerprint density at radius 3 is 2.48 bits per heavy atom. The van der Waals surface area contributed by atoms with Gasteiger partial charge < -0.3 is 14.7 Å². The minimum Gasteiger partial charge on any atom is -0.511 e. The monoisotopic (exact) mass is 455 g/mol. The number of halogens is 2. The summed E-state index contributed by atoms with van der Waals surface area (Å²) < 4.78 is 32.0. The van der Waals surface area contributed by atoms with Crippen molar-refractivity contribution in [1.29, 1.82) is 0 Å². The Hall–Kier alpha value is -2.09. The molecule has 1 aromatic carbocycles. The number of hydrogen-bond acceptors (Lipinski definition) is 6. The first-order chi connectivity index (χ1) is 14.7. The molecule has 2 rings (SSSR count). The topological polar surface area (TPSA) is 68.1 Å². The summed E-state index contributed by atoms with van der Waals surface area (Å²) in [5, 5.41) is 15.0. The van der Waals surface area contributed by atoms with E-state index in [1.807, 2.05) is 18.7 Å². The molecule has 0 fully saturated rings. The van der Waals surface area contributed by atoms with Crippen molar-refractivity contribution < 1.29 is 28.3 Å². The van der Waals surface area contributed by atoms with Crippen LogP contribution in [-0.4, -0.2) is 40.3 Å². The van der Waals surface area contributed by atoms with Crippen LogP contribution in [0.3, 0.4) is 0 Å². The van der Waals surface area contributed by atoms with Crippen LogP contribution < -0.4 is 4.74 Å². The normalized spacial score (nSPS) is 19.4. The van der Waals surface area contributed by atoms with Crippen LogP contribution in [0.2, 0.25) is 0 Å². The Labute approximate surface area is 186 Å². The summed E-state index contributed by atoms with van der Waals surface area (Å²) >= 11 is 1.85. The molecule has 0 amide bonds. The van der Waals surface area contributed by atoms with E-state index in [4.69, 9.17) is 9.57 Å². The average molecular weight is 456 g/mol. The molecule has 0 saturated carbocycles. The van der Waals surface area contributed by atoms with Crippen molar-refractivity contribution in [2.45, 2.75) is 64.7 Å². The van der Waals surface area contributed by atoms with Crippen molar-refractivity contribution in [3.8, 4) is 5.75 Å². The van der Waals surface area contributed by atoms with Gasteiger partial charge in [-0.15, -0.1) is 0 Å². The highest BCUT2D eigenvalue weighted by atomic mass is 32.2. The Morgan fingerprint density at radius 1 is 1.23 bits per heavy atom. The van der Waals surface area contributed by atoms with Crippen LogP contribution in [0, 0.1) is 17.6 Å². The first-order valence-electron chi connectivity index (χ1n) is 10.6. The summed E-state index contributed by atoms with van der Waals surface area (Å²) in [6.45, 7) is 7.76. The quantitative estimate of drug-likeness (QED) is 0.335. The fourth-order valence-electron chi connectivity index (χ4n) is 3.66. The predicted octanol–water partition coefficient (Wildman–Crippen LogP) is 5.84. The lowest BCUT2D eigenvalue weighted by atomic mass is 9.82. The van der Waals surface area contributed by atoms with Gasteiger partial charge >= 0.3 is 0 Å². The standard InChI is InChI=1S/C23H31F2NO4S/c1-5-20(23-21(27)8-16(9-22(23)28)7-15(4)31-6-2)26-29-13-14(3)30-19-11-17(24)10-18(25)12-19/h10-12,14-16,27H,5-9,13H2,1-4H3. The fourth-order valence-corrected chi connectivity index (χ4v) is 4.64. The molecule has 0 aromatic heterocycles. The largest absolute Gasteiger partial charge is 0.511 e. The van der Waals surface area contributed by atoms with Crippen molar-refractivity contribution in [1.82, 2.24) is 0 Å². The predicted molar refractivity (Wildman–Crippen MR) is 120 cm³/mol. The zero-order valence-corrected chi connectivity index (χ0v) is 19.3. The van der Waals surface area contributed by atoms with Gasteiger partial charge in [-0.05, 0) is 31.4 Å². The van der Waals surface area contributed by atoms with Crippen molar-refractivity contribution in [2.24, 2.45) is 11.1 Å².